The van der Waals surface area contributed by atoms with Crippen molar-refractivity contribution in [1.82, 2.24) is 10.6 Å². The van der Waals surface area contributed by atoms with Crippen LogP contribution in [0.25, 0.3) is 11.1 Å². The third-order valence-electron chi connectivity index (χ3n) is 6.55. The number of hydrogen-bond acceptors (Lipinski definition) is 4. The molecule has 1 aliphatic rings. The van der Waals surface area contributed by atoms with Crippen LogP contribution in [0.15, 0.2) is 48.5 Å². The number of aliphatic carboxylic acids is 1. The summed E-state index contributed by atoms with van der Waals surface area (Å²) in [5.41, 5.74) is 4.59. The molecule has 0 radical (unpaired) electrons. The number of carboxylic acid groups (broad SMARTS) is 1. The molecule has 35 heavy (non-hydrogen) atoms. The summed E-state index contributed by atoms with van der Waals surface area (Å²) in [4.78, 5) is 36.5. The maximum absolute atomic E-state index is 12.7. The van der Waals surface area contributed by atoms with Crippen molar-refractivity contribution in [3.8, 4) is 11.1 Å². The molecular formula is C28H36N2O5. The van der Waals surface area contributed by atoms with Crippen LogP contribution in [0.3, 0.4) is 0 Å². The zero-order chi connectivity index (χ0) is 25.4. The average molecular weight is 481 g/mol. The Bertz CT molecular complexity index is 990. The highest BCUT2D eigenvalue weighted by molar-refractivity contribution is 5.80. The van der Waals surface area contributed by atoms with E-state index < -0.39 is 24.1 Å². The Kier molecular flexibility index (Phi) is 9.29. The van der Waals surface area contributed by atoms with E-state index in [1.165, 1.54) is 0 Å². The predicted molar refractivity (Wildman–Crippen MR) is 135 cm³/mol. The molecule has 1 aliphatic carbocycles. The van der Waals surface area contributed by atoms with Crippen molar-refractivity contribution in [1.29, 1.82) is 0 Å². The molecular weight excluding hydrogens is 444 g/mol. The first kappa shape index (κ1) is 26.3. The summed E-state index contributed by atoms with van der Waals surface area (Å²) in [5.74, 6) is -1.26. The maximum Gasteiger partial charge on any atom is 0.407 e. The van der Waals surface area contributed by atoms with Gasteiger partial charge in [-0.2, -0.15) is 0 Å². The Morgan fingerprint density at radius 3 is 2.09 bits per heavy atom. The van der Waals surface area contributed by atoms with Gasteiger partial charge in [-0.1, -0.05) is 82.1 Å². The molecule has 7 heteroatoms. The SMILES string of the molecule is CCCC[C@H](CC(=O)O)NC(=O)C[C@H](NC(=O)OCC1c2ccccc2-c2ccccc21)C(C)C. The van der Waals surface area contributed by atoms with Crippen LogP contribution < -0.4 is 10.6 Å². The van der Waals surface area contributed by atoms with Gasteiger partial charge in [0.25, 0.3) is 0 Å². The van der Waals surface area contributed by atoms with Crippen LogP contribution in [-0.2, 0) is 14.3 Å². The normalized spacial score (nSPS) is 14.1. The first-order chi connectivity index (χ1) is 16.8. The van der Waals surface area contributed by atoms with Gasteiger partial charge in [-0.05, 0) is 34.6 Å². The monoisotopic (exact) mass is 480 g/mol. The van der Waals surface area contributed by atoms with Crippen molar-refractivity contribution in [2.75, 3.05) is 6.61 Å². The number of alkyl carbamates (subject to hydrolysis) is 1. The molecule has 2 aromatic rings. The highest BCUT2D eigenvalue weighted by Crippen LogP contribution is 2.44. The number of unbranched alkanes of at least 4 members (excludes halogenated alkanes) is 1. The molecule has 7 nitrogen and oxygen atoms in total. The topological polar surface area (TPSA) is 105 Å². The molecule has 2 atom stereocenters. The van der Waals surface area contributed by atoms with Crippen LogP contribution in [0.5, 0.6) is 0 Å². The number of nitrogens with one attached hydrogen (secondary N) is 2. The molecule has 188 valence electrons. The lowest BCUT2D eigenvalue weighted by Crippen LogP contribution is -2.45. The summed E-state index contributed by atoms with van der Waals surface area (Å²) in [7, 11) is 0. The van der Waals surface area contributed by atoms with Crippen molar-refractivity contribution in [3.63, 3.8) is 0 Å². The predicted octanol–water partition coefficient (Wildman–Crippen LogP) is 5.09. The number of ether oxygens (including phenoxy) is 1. The molecule has 3 rings (SSSR count). The number of hydrogen-bond donors (Lipinski definition) is 3. The Morgan fingerprint density at radius 2 is 1.54 bits per heavy atom. The molecule has 0 saturated heterocycles. The molecule has 0 spiro atoms. The summed E-state index contributed by atoms with van der Waals surface area (Å²) in [5, 5.41) is 14.8. The zero-order valence-corrected chi connectivity index (χ0v) is 20.8. The minimum absolute atomic E-state index is 0.00482. The number of amides is 2. The molecule has 3 N–H and O–H groups in total. The van der Waals surface area contributed by atoms with Crippen LogP contribution in [0, 0.1) is 5.92 Å². The minimum atomic E-state index is -0.941. The second-order valence-corrected chi connectivity index (χ2v) is 9.53. The first-order valence-electron chi connectivity index (χ1n) is 12.4. The van der Waals surface area contributed by atoms with E-state index in [2.05, 4.69) is 34.9 Å². The van der Waals surface area contributed by atoms with Gasteiger partial charge >= 0.3 is 12.1 Å². The van der Waals surface area contributed by atoms with Gasteiger partial charge in [0, 0.05) is 24.4 Å². The van der Waals surface area contributed by atoms with Gasteiger partial charge in [0.1, 0.15) is 6.61 Å². The summed E-state index contributed by atoms with van der Waals surface area (Å²) in [6, 6.07) is 15.4. The Hall–Kier alpha value is -3.35. The molecule has 2 aromatic carbocycles. The standard InChI is InChI=1S/C28H36N2O5/c1-4-5-10-19(15-27(32)33)29-26(31)16-25(18(2)3)30-28(34)35-17-24-22-13-8-6-11-20(22)21-12-7-9-14-23(21)24/h6-9,11-14,18-19,24-25H,4-5,10,15-17H2,1-3H3,(H,29,31)(H,30,34)(H,32,33)/t19-,25+/m1/s1. The van der Waals surface area contributed by atoms with E-state index in [9.17, 15) is 14.4 Å². The molecule has 0 heterocycles. The van der Waals surface area contributed by atoms with E-state index in [1.807, 2.05) is 45.0 Å². The van der Waals surface area contributed by atoms with E-state index in [4.69, 9.17) is 9.84 Å². The lowest BCUT2D eigenvalue weighted by atomic mass is 9.98. The molecule has 0 fully saturated rings. The number of benzene rings is 2. The molecule has 0 aromatic heterocycles. The van der Waals surface area contributed by atoms with E-state index in [1.54, 1.807) is 0 Å². The van der Waals surface area contributed by atoms with E-state index in [0.717, 1.165) is 35.1 Å². The van der Waals surface area contributed by atoms with Crippen LogP contribution in [-0.4, -0.2) is 41.8 Å². The van der Waals surface area contributed by atoms with Gasteiger partial charge in [-0.3, -0.25) is 9.59 Å². The van der Waals surface area contributed by atoms with E-state index in [0.29, 0.717) is 6.42 Å². The molecule has 0 bridgehead atoms. The lowest BCUT2D eigenvalue weighted by Gasteiger charge is -2.24. The minimum Gasteiger partial charge on any atom is -0.481 e. The van der Waals surface area contributed by atoms with Gasteiger partial charge < -0.3 is 20.5 Å². The fourth-order valence-electron chi connectivity index (χ4n) is 4.62. The van der Waals surface area contributed by atoms with Gasteiger partial charge in [0.05, 0.1) is 6.42 Å². The fourth-order valence-corrected chi connectivity index (χ4v) is 4.62. The van der Waals surface area contributed by atoms with Crippen molar-refractivity contribution >= 4 is 18.0 Å². The second-order valence-electron chi connectivity index (χ2n) is 9.53. The summed E-state index contributed by atoms with van der Waals surface area (Å²) >= 11 is 0. The highest BCUT2D eigenvalue weighted by atomic mass is 16.5. The Morgan fingerprint density at radius 1 is 0.943 bits per heavy atom. The Balaban J connectivity index is 1.57. The zero-order valence-electron chi connectivity index (χ0n) is 20.8. The highest BCUT2D eigenvalue weighted by Gasteiger charge is 2.30. The van der Waals surface area contributed by atoms with Crippen LogP contribution in [0.4, 0.5) is 4.79 Å². The number of fused-ring (bicyclic) bond motifs is 3. The lowest BCUT2D eigenvalue weighted by molar-refractivity contribution is -0.137. The first-order valence-corrected chi connectivity index (χ1v) is 12.4. The molecule has 0 aliphatic heterocycles. The fraction of sp³-hybridized carbons (Fsp3) is 0.464. The van der Waals surface area contributed by atoms with Gasteiger partial charge in [-0.15, -0.1) is 0 Å². The third-order valence-corrected chi connectivity index (χ3v) is 6.55. The van der Waals surface area contributed by atoms with E-state index in [-0.39, 0.29) is 37.2 Å². The summed E-state index contributed by atoms with van der Waals surface area (Å²) in [6.07, 6.45) is 1.75. The van der Waals surface area contributed by atoms with Gasteiger partial charge in [0.15, 0.2) is 0 Å². The number of carbonyl (C=O) groups is 3. The molecule has 2 amide bonds. The molecule has 0 unspecified atom stereocenters. The smallest absolute Gasteiger partial charge is 0.407 e. The summed E-state index contributed by atoms with van der Waals surface area (Å²) < 4.78 is 5.63. The van der Waals surface area contributed by atoms with Crippen molar-refractivity contribution in [2.24, 2.45) is 5.92 Å². The second kappa shape index (κ2) is 12.4. The van der Waals surface area contributed by atoms with Crippen molar-refractivity contribution < 1.29 is 24.2 Å². The largest absolute Gasteiger partial charge is 0.481 e. The average Bonchev–Trinajstić information content (AvgIpc) is 3.14. The van der Waals surface area contributed by atoms with Crippen molar-refractivity contribution in [3.05, 3.63) is 59.7 Å². The summed E-state index contributed by atoms with van der Waals surface area (Å²) in [6.45, 7) is 6.07. The Labute approximate surface area is 207 Å². The van der Waals surface area contributed by atoms with Crippen LogP contribution >= 0.6 is 0 Å². The van der Waals surface area contributed by atoms with Gasteiger partial charge in [-0.25, -0.2) is 4.79 Å². The van der Waals surface area contributed by atoms with E-state index >= 15 is 0 Å². The van der Waals surface area contributed by atoms with Crippen molar-refractivity contribution in [2.45, 2.75) is 70.9 Å². The number of carboxylic acids is 1. The maximum atomic E-state index is 12.7. The van der Waals surface area contributed by atoms with Gasteiger partial charge in [0.2, 0.25) is 5.91 Å². The number of carbonyl (C=O) groups excluding carboxylic acids is 2. The molecule has 0 saturated carbocycles. The third kappa shape index (κ3) is 7.07. The number of rotatable bonds is 12. The van der Waals surface area contributed by atoms with Crippen LogP contribution in [0.1, 0.15) is 69.9 Å². The van der Waals surface area contributed by atoms with Crippen LogP contribution in [0.2, 0.25) is 0 Å². The quantitative estimate of drug-likeness (QED) is 0.392.